The van der Waals surface area contributed by atoms with E-state index in [0.29, 0.717) is 5.02 Å². The predicted molar refractivity (Wildman–Crippen MR) is 75.2 cm³/mol. The Morgan fingerprint density at radius 2 is 2.21 bits per heavy atom. The van der Waals surface area contributed by atoms with Gasteiger partial charge in [-0.3, -0.25) is 9.69 Å². The molecule has 1 aromatic rings. The summed E-state index contributed by atoms with van der Waals surface area (Å²) in [6, 6.07) is 7.17. The van der Waals surface area contributed by atoms with Gasteiger partial charge in [-0.25, -0.2) is 0 Å². The molecule has 1 aromatic carbocycles. The second-order valence-corrected chi connectivity index (χ2v) is 5.14. The summed E-state index contributed by atoms with van der Waals surface area (Å²) in [4.78, 5) is 14.1. The van der Waals surface area contributed by atoms with E-state index in [1.54, 1.807) is 6.07 Å². The number of carbonyl (C=O) groups is 1. The topological polar surface area (TPSA) is 41.6 Å². The summed E-state index contributed by atoms with van der Waals surface area (Å²) in [7, 11) is 0. The molecule has 19 heavy (non-hydrogen) atoms. The van der Waals surface area contributed by atoms with Crippen LogP contribution in [0.15, 0.2) is 24.3 Å². The molecule has 0 bridgehead atoms. The maximum Gasteiger partial charge on any atom is 0.323 e. The van der Waals surface area contributed by atoms with Crippen molar-refractivity contribution in [1.29, 1.82) is 0 Å². The molecule has 1 saturated heterocycles. The minimum atomic E-state index is -0.193. The van der Waals surface area contributed by atoms with Crippen LogP contribution in [0, 0.1) is 0 Å². The van der Waals surface area contributed by atoms with E-state index in [0.717, 1.165) is 31.7 Å². The lowest BCUT2D eigenvalue weighted by Gasteiger charge is -2.31. The van der Waals surface area contributed by atoms with Gasteiger partial charge >= 0.3 is 5.97 Å². The van der Waals surface area contributed by atoms with Gasteiger partial charge in [-0.2, -0.15) is 0 Å². The fraction of sp³-hybridized carbons (Fsp3) is 0.500. The fourth-order valence-electron chi connectivity index (χ4n) is 2.12. The van der Waals surface area contributed by atoms with E-state index in [1.165, 1.54) is 0 Å². The highest BCUT2D eigenvalue weighted by atomic mass is 35.5. The fourth-order valence-corrected chi connectivity index (χ4v) is 2.33. The van der Waals surface area contributed by atoms with Crippen LogP contribution in [0.1, 0.15) is 12.5 Å². The minimum absolute atomic E-state index is 0.179. The Hall–Kier alpha value is -1.10. The molecule has 4 nitrogen and oxygen atoms in total. The maximum absolute atomic E-state index is 12.0. The molecule has 1 heterocycles. The van der Waals surface area contributed by atoms with Gasteiger partial charge in [0.05, 0.1) is 0 Å². The van der Waals surface area contributed by atoms with Crippen LogP contribution in [-0.4, -0.2) is 43.1 Å². The quantitative estimate of drug-likeness (QED) is 0.853. The van der Waals surface area contributed by atoms with Gasteiger partial charge in [0, 0.05) is 31.2 Å². The zero-order valence-corrected chi connectivity index (χ0v) is 11.8. The summed E-state index contributed by atoms with van der Waals surface area (Å²) in [5, 5.41) is 3.92. The van der Waals surface area contributed by atoms with E-state index in [4.69, 9.17) is 16.3 Å². The van der Waals surface area contributed by atoms with Crippen LogP contribution in [0.3, 0.4) is 0 Å². The van der Waals surface area contributed by atoms with Crippen molar-refractivity contribution < 1.29 is 9.53 Å². The lowest BCUT2D eigenvalue weighted by Crippen LogP contribution is -2.50. The van der Waals surface area contributed by atoms with Gasteiger partial charge in [0.1, 0.15) is 12.6 Å². The average molecular weight is 283 g/mol. The zero-order chi connectivity index (χ0) is 13.7. The Balaban J connectivity index is 1.83. The summed E-state index contributed by atoms with van der Waals surface area (Å²) in [5.74, 6) is -0.179. The van der Waals surface area contributed by atoms with Crippen molar-refractivity contribution in [2.45, 2.75) is 19.6 Å². The molecule has 0 spiro atoms. The first-order chi connectivity index (χ1) is 9.16. The summed E-state index contributed by atoms with van der Waals surface area (Å²) in [5.41, 5.74) is 0.911. The van der Waals surface area contributed by atoms with Gasteiger partial charge in [0.2, 0.25) is 0 Å². The number of nitrogens with one attached hydrogen (secondary N) is 1. The van der Waals surface area contributed by atoms with E-state index < -0.39 is 0 Å². The van der Waals surface area contributed by atoms with Crippen LogP contribution >= 0.6 is 11.6 Å². The summed E-state index contributed by atoms with van der Waals surface area (Å²) in [6.45, 7) is 5.78. The van der Waals surface area contributed by atoms with Crippen molar-refractivity contribution in [3.05, 3.63) is 34.9 Å². The summed E-state index contributed by atoms with van der Waals surface area (Å²) >= 11 is 5.89. The SMILES string of the molecule is CC(C(=O)OCc1cccc(Cl)c1)N1CCNCC1. The van der Waals surface area contributed by atoms with Gasteiger partial charge < -0.3 is 10.1 Å². The Labute approximate surface area is 118 Å². The Morgan fingerprint density at radius 1 is 1.47 bits per heavy atom. The number of carbonyl (C=O) groups excluding carboxylic acids is 1. The van der Waals surface area contributed by atoms with Gasteiger partial charge in [-0.1, -0.05) is 23.7 Å². The number of esters is 1. The second kappa shape index (κ2) is 6.89. The average Bonchev–Trinajstić information content (AvgIpc) is 2.45. The number of piperazine rings is 1. The maximum atomic E-state index is 12.0. The van der Waals surface area contributed by atoms with E-state index in [2.05, 4.69) is 10.2 Å². The molecule has 0 saturated carbocycles. The van der Waals surface area contributed by atoms with Crippen LogP contribution in [0.4, 0.5) is 0 Å². The van der Waals surface area contributed by atoms with Crippen LogP contribution in [-0.2, 0) is 16.1 Å². The van der Waals surface area contributed by atoms with Crippen LogP contribution in [0.5, 0.6) is 0 Å². The van der Waals surface area contributed by atoms with Gasteiger partial charge in [-0.15, -0.1) is 0 Å². The molecule has 1 N–H and O–H groups in total. The molecule has 1 atom stereocenters. The molecule has 0 amide bonds. The van der Waals surface area contributed by atoms with E-state index in [-0.39, 0.29) is 18.6 Å². The molecule has 0 aliphatic carbocycles. The van der Waals surface area contributed by atoms with Crippen LogP contribution < -0.4 is 5.32 Å². The molecule has 1 fully saturated rings. The summed E-state index contributed by atoms with van der Waals surface area (Å²) < 4.78 is 5.34. The van der Waals surface area contributed by atoms with Crippen molar-refractivity contribution >= 4 is 17.6 Å². The number of hydrogen-bond acceptors (Lipinski definition) is 4. The Bertz CT molecular complexity index is 433. The predicted octanol–water partition coefficient (Wildman–Crippen LogP) is 1.68. The Kier molecular flexibility index (Phi) is 5.19. The lowest BCUT2D eigenvalue weighted by molar-refractivity contribution is -0.151. The van der Waals surface area contributed by atoms with Crippen LogP contribution in [0.2, 0.25) is 5.02 Å². The number of halogens is 1. The first-order valence-corrected chi connectivity index (χ1v) is 6.90. The minimum Gasteiger partial charge on any atom is -0.460 e. The zero-order valence-electron chi connectivity index (χ0n) is 11.1. The van der Waals surface area contributed by atoms with Crippen molar-refractivity contribution in [3.63, 3.8) is 0 Å². The smallest absolute Gasteiger partial charge is 0.323 e. The number of nitrogens with zero attached hydrogens (tertiary/aromatic N) is 1. The highest BCUT2D eigenvalue weighted by Gasteiger charge is 2.23. The lowest BCUT2D eigenvalue weighted by atomic mass is 10.2. The molecule has 5 heteroatoms. The number of rotatable bonds is 4. The number of hydrogen-bond donors (Lipinski definition) is 1. The molecule has 0 radical (unpaired) electrons. The van der Waals surface area contributed by atoms with Crippen molar-refractivity contribution in [2.24, 2.45) is 0 Å². The number of ether oxygens (including phenoxy) is 1. The summed E-state index contributed by atoms with van der Waals surface area (Å²) in [6.07, 6.45) is 0. The highest BCUT2D eigenvalue weighted by Crippen LogP contribution is 2.12. The molecule has 1 aliphatic heterocycles. The standard InChI is InChI=1S/C14H19ClN2O2/c1-11(17-7-5-16-6-8-17)14(18)19-10-12-3-2-4-13(15)9-12/h2-4,9,11,16H,5-8,10H2,1H3. The van der Waals surface area contributed by atoms with Gasteiger partial charge in [0.25, 0.3) is 0 Å². The largest absolute Gasteiger partial charge is 0.460 e. The first-order valence-electron chi connectivity index (χ1n) is 6.52. The van der Waals surface area contributed by atoms with Crippen molar-refractivity contribution in [1.82, 2.24) is 10.2 Å². The third-order valence-corrected chi connectivity index (χ3v) is 3.55. The van der Waals surface area contributed by atoms with Gasteiger partial charge in [-0.05, 0) is 24.6 Å². The molecule has 1 aliphatic rings. The molecule has 1 unspecified atom stereocenters. The molecule has 2 rings (SSSR count). The van der Waals surface area contributed by atoms with E-state index in [9.17, 15) is 4.79 Å². The normalized spacial score (nSPS) is 18.0. The molecular weight excluding hydrogens is 264 g/mol. The number of benzene rings is 1. The van der Waals surface area contributed by atoms with E-state index in [1.807, 2.05) is 25.1 Å². The van der Waals surface area contributed by atoms with E-state index >= 15 is 0 Å². The second-order valence-electron chi connectivity index (χ2n) is 4.70. The first kappa shape index (κ1) is 14.3. The molecule has 0 aromatic heterocycles. The van der Waals surface area contributed by atoms with Crippen LogP contribution in [0.25, 0.3) is 0 Å². The van der Waals surface area contributed by atoms with Crippen molar-refractivity contribution in [2.75, 3.05) is 26.2 Å². The monoisotopic (exact) mass is 282 g/mol. The van der Waals surface area contributed by atoms with Crippen molar-refractivity contribution in [3.8, 4) is 0 Å². The molecular formula is C14H19ClN2O2. The highest BCUT2D eigenvalue weighted by molar-refractivity contribution is 6.30. The Morgan fingerprint density at radius 3 is 2.89 bits per heavy atom. The van der Waals surface area contributed by atoms with Gasteiger partial charge in [0.15, 0.2) is 0 Å². The third kappa shape index (κ3) is 4.20. The molecule has 104 valence electrons. The third-order valence-electron chi connectivity index (χ3n) is 3.31.